The summed E-state index contributed by atoms with van der Waals surface area (Å²) in [6, 6.07) is 22.8. The Morgan fingerprint density at radius 1 is 0.727 bits per heavy atom. The Morgan fingerprint density at radius 2 is 1.23 bits per heavy atom. The van der Waals surface area contributed by atoms with Crippen LogP contribution in [-0.4, -0.2) is 35.2 Å². The number of aromatic carboxylic acids is 1. The van der Waals surface area contributed by atoms with Crippen LogP contribution in [-0.2, 0) is 22.5 Å². The molecule has 0 aliphatic rings. The molecule has 3 N–H and O–H groups in total. The first-order valence-electron chi connectivity index (χ1n) is 13.9. The summed E-state index contributed by atoms with van der Waals surface area (Å²) in [6.45, 7) is 6.23. The minimum atomic E-state index is -2.56. The Morgan fingerprint density at radius 3 is 1.73 bits per heavy atom. The standard InChI is InChI=1S/C32H34N2O8S2/c1-4-5-6-19-41-31-21-27(16-18-30(31)34(44(39)40)25-13-9-23(3)10-14-25)42-26-15-17-29(28(20-26)32(35)36)33(43(37)38)24-11-7-22(2)8-12-24/h7-18,20-21H,4-6,19H2,1-3H3,(H,35,36)(H,37,38)(H,39,40). The molecule has 2 unspecified atom stereocenters. The predicted molar refractivity (Wildman–Crippen MR) is 173 cm³/mol. The molecule has 0 spiro atoms. The third-order valence-electron chi connectivity index (χ3n) is 6.66. The highest BCUT2D eigenvalue weighted by atomic mass is 32.2. The van der Waals surface area contributed by atoms with Gasteiger partial charge in [0.1, 0.15) is 17.2 Å². The maximum Gasteiger partial charge on any atom is 0.337 e. The van der Waals surface area contributed by atoms with Crippen LogP contribution in [0.1, 0.15) is 47.7 Å². The van der Waals surface area contributed by atoms with Crippen LogP contribution in [0, 0.1) is 13.8 Å². The third-order valence-corrected chi connectivity index (χ3v) is 8.10. The minimum absolute atomic E-state index is 0.00370. The van der Waals surface area contributed by atoms with Crippen LogP contribution < -0.4 is 18.1 Å². The topological polar surface area (TPSA) is 137 Å². The number of nitrogens with zero attached hydrogens (tertiary/aromatic N) is 2. The molecule has 0 amide bonds. The van der Waals surface area contributed by atoms with Gasteiger partial charge in [-0.05, 0) is 74.9 Å². The molecule has 44 heavy (non-hydrogen) atoms. The van der Waals surface area contributed by atoms with Crippen LogP contribution in [0.3, 0.4) is 0 Å². The molecule has 0 fully saturated rings. The van der Waals surface area contributed by atoms with E-state index in [0.717, 1.165) is 34.7 Å². The minimum Gasteiger partial charge on any atom is -0.491 e. The van der Waals surface area contributed by atoms with Gasteiger partial charge < -0.3 is 14.6 Å². The number of hydrogen-bond donors (Lipinski definition) is 3. The predicted octanol–water partition coefficient (Wildman–Crippen LogP) is 7.91. The highest BCUT2D eigenvalue weighted by Crippen LogP contribution is 2.40. The van der Waals surface area contributed by atoms with Gasteiger partial charge in [0.15, 0.2) is 0 Å². The van der Waals surface area contributed by atoms with Crippen molar-refractivity contribution in [2.24, 2.45) is 0 Å². The summed E-state index contributed by atoms with van der Waals surface area (Å²) in [5.74, 6) is -0.568. The van der Waals surface area contributed by atoms with Gasteiger partial charge in [-0.2, -0.15) is 0 Å². The van der Waals surface area contributed by atoms with E-state index in [-0.39, 0.29) is 22.7 Å². The van der Waals surface area contributed by atoms with Crippen LogP contribution in [0.4, 0.5) is 22.7 Å². The number of ether oxygens (including phenoxy) is 2. The molecule has 232 valence electrons. The molecule has 0 aliphatic heterocycles. The second kappa shape index (κ2) is 15.0. The summed E-state index contributed by atoms with van der Waals surface area (Å²) in [6.07, 6.45) is 2.71. The summed E-state index contributed by atoms with van der Waals surface area (Å²) >= 11 is -4.97. The van der Waals surface area contributed by atoms with E-state index in [0.29, 0.717) is 29.4 Å². The van der Waals surface area contributed by atoms with Gasteiger partial charge in [-0.15, -0.1) is 0 Å². The molecule has 0 aliphatic carbocycles. The van der Waals surface area contributed by atoms with Crippen molar-refractivity contribution in [1.82, 2.24) is 0 Å². The maximum absolute atomic E-state index is 12.5. The van der Waals surface area contributed by atoms with Crippen molar-refractivity contribution < 1.29 is 36.9 Å². The first-order valence-corrected chi connectivity index (χ1v) is 16.0. The normalized spacial score (nSPS) is 12.3. The van der Waals surface area contributed by atoms with Gasteiger partial charge in [-0.3, -0.25) is 9.11 Å². The molecular weight excluding hydrogens is 604 g/mol. The smallest absolute Gasteiger partial charge is 0.337 e. The molecule has 4 aromatic carbocycles. The number of benzene rings is 4. The van der Waals surface area contributed by atoms with Crippen LogP contribution in [0.2, 0.25) is 0 Å². The Hall–Kier alpha value is -4.23. The fourth-order valence-corrected chi connectivity index (χ4v) is 5.68. The lowest BCUT2D eigenvalue weighted by Crippen LogP contribution is -2.21. The van der Waals surface area contributed by atoms with Crippen molar-refractivity contribution in [2.45, 2.75) is 40.0 Å². The fraction of sp³-hybridized carbons (Fsp3) is 0.219. The molecule has 10 nitrogen and oxygen atoms in total. The number of carboxylic acid groups (broad SMARTS) is 1. The molecule has 4 rings (SSSR count). The number of hydrogen-bond acceptors (Lipinski definition) is 5. The maximum atomic E-state index is 12.5. The zero-order chi connectivity index (χ0) is 31.8. The van der Waals surface area contributed by atoms with E-state index >= 15 is 0 Å². The van der Waals surface area contributed by atoms with Gasteiger partial charge in [0.05, 0.1) is 34.9 Å². The quantitative estimate of drug-likeness (QED) is 0.0936. The van der Waals surface area contributed by atoms with Crippen molar-refractivity contribution >= 4 is 51.3 Å². The molecule has 0 aromatic heterocycles. The first-order chi connectivity index (χ1) is 21.1. The van der Waals surface area contributed by atoms with Gasteiger partial charge in [-0.25, -0.2) is 21.8 Å². The number of carboxylic acids is 1. The van der Waals surface area contributed by atoms with E-state index in [1.54, 1.807) is 54.6 Å². The summed E-state index contributed by atoms with van der Waals surface area (Å²) in [5, 5.41) is 10.00. The summed E-state index contributed by atoms with van der Waals surface area (Å²) in [5.41, 5.74) is 2.86. The van der Waals surface area contributed by atoms with E-state index in [1.165, 1.54) is 22.5 Å². The lowest BCUT2D eigenvalue weighted by atomic mass is 10.1. The lowest BCUT2D eigenvalue weighted by molar-refractivity contribution is 0.0697. The van der Waals surface area contributed by atoms with Crippen LogP contribution in [0.5, 0.6) is 17.2 Å². The largest absolute Gasteiger partial charge is 0.491 e. The lowest BCUT2D eigenvalue weighted by Gasteiger charge is -2.24. The van der Waals surface area contributed by atoms with Crippen molar-refractivity contribution in [3.63, 3.8) is 0 Å². The van der Waals surface area contributed by atoms with Crippen LogP contribution >= 0.6 is 0 Å². The van der Waals surface area contributed by atoms with E-state index in [1.807, 2.05) is 26.0 Å². The molecular formula is C32H34N2O8S2. The molecule has 0 radical (unpaired) electrons. The SMILES string of the molecule is CCCCCOc1cc(Oc2ccc(N(c3ccc(C)cc3)S(=O)O)c(C(=O)O)c2)ccc1N(c1ccc(C)cc1)S(=O)O. The van der Waals surface area contributed by atoms with E-state index in [4.69, 9.17) is 9.47 Å². The Balaban J connectivity index is 1.70. The molecule has 12 heteroatoms. The van der Waals surface area contributed by atoms with Gasteiger partial charge in [0, 0.05) is 6.07 Å². The average Bonchev–Trinajstić information content (AvgIpc) is 2.98. The van der Waals surface area contributed by atoms with Gasteiger partial charge >= 0.3 is 5.97 Å². The highest BCUT2D eigenvalue weighted by molar-refractivity contribution is 7.81. The Kier molecular flexibility index (Phi) is 11.1. The summed E-state index contributed by atoms with van der Waals surface area (Å²) in [7, 11) is 0. The van der Waals surface area contributed by atoms with Crippen molar-refractivity contribution in [3.8, 4) is 17.2 Å². The molecule has 0 bridgehead atoms. The zero-order valence-corrected chi connectivity index (χ0v) is 26.1. The van der Waals surface area contributed by atoms with Crippen molar-refractivity contribution in [3.05, 3.63) is 102 Å². The Labute approximate surface area is 261 Å². The fourth-order valence-electron chi connectivity index (χ4n) is 4.43. The second-order valence-electron chi connectivity index (χ2n) is 9.99. The first kappa shape index (κ1) is 32.7. The molecule has 4 aromatic rings. The van der Waals surface area contributed by atoms with Crippen molar-refractivity contribution in [2.75, 3.05) is 15.2 Å². The molecule has 0 saturated heterocycles. The van der Waals surface area contributed by atoms with Crippen LogP contribution in [0.25, 0.3) is 0 Å². The molecule has 0 saturated carbocycles. The number of anilines is 4. The van der Waals surface area contributed by atoms with Gasteiger partial charge in [0.2, 0.25) is 0 Å². The molecule has 2 atom stereocenters. The number of rotatable bonds is 14. The average molecular weight is 639 g/mol. The number of aryl methyl sites for hydroxylation is 2. The van der Waals surface area contributed by atoms with Crippen LogP contribution in [0.15, 0.2) is 84.9 Å². The van der Waals surface area contributed by atoms with E-state index in [2.05, 4.69) is 6.92 Å². The Bertz CT molecular complexity index is 1650. The zero-order valence-electron chi connectivity index (χ0n) is 24.5. The molecule has 0 heterocycles. The summed E-state index contributed by atoms with van der Waals surface area (Å²) < 4.78 is 59.4. The van der Waals surface area contributed by atoms with Gasteiger partial charge in [0.25, 0.3) is 22.5 Å². The number of carbonyl (C=O) groups is 1. The highest BCUT2D eigenvalue weighted by Gasteiger charge is 2.24. The second-order valence-corrected chi connectivity index (χ2v) is 11.6. The van der Waals surface area contributed by atoms with E-state index < -0.39 is 28.5 Å². The van der Waals surface area contributed by atoms with Gasteiger partial charge in [-0.1, -0.05) is 55.2 Å². The third kappa shape index (κ3) is 8.03. The summed E-state index contributed by atoms with van der Waals surface area (Å²) in [4.78, 5) is 12.3. The number of unbranched alkanes of at least 4 members (excludes halogenated alkanes) is 2. The van der Waals surface area contributed by atoms with Crippen molar-refractivity contribution in [1.29, 1.82) is 0 Å². The van der Waals surface area contributed by atoms with E-state index in [9.17, 15) is 27.4 Å². The monoisotopic (exact) mass is 638 g/mol.